The second kappa shape index (κ2) is 30.8. The number of carbonyl (C=O) groups excluding carboxylic acids is 8. The molecule has 5 aromatic rings. The van der Waals surface area contributed by atoms with Crippen molar-refractivity contribution in [2.24, 2.45) is 11.7 Å². The number of aliphatic hydroxyl groups is 7. The number of unbranched alkanes of at least 4 members (excludes halogenated alkanes) is 2. The predicted octanol–water partition coefficient (Wildman–Crippen LogP) is -1.92. The fourth-order valence-corrected chi connectivity index (χ4v) is 11.8. The number of ether oxygens (including phenoxy) is 1. The molecule has 16 N–H and O–H groups in total. The number of carbonyl (C=O) groups is 8. The normalized spacial score (nSPS) is 25.2. The smallest absolute Gasteiger partial charge is 0.261 e. The molecule has 0 radical (unpaired) electrons. The van der Waals surface area contributed by atoms with E-state index in [2.05, 4.69) is 42.9 Å². The summed E-state index contributed by atoms with van der Waals surface area (Å²) in [6.07, 6.45) is -11.4. The number of hydrogen-bond donors (Lipinski definition) is 15. The fourth-order valence-electron chi connectivity index (χ4n) is 10.7. The lowest BCUT2D eigenvalue weighted by Gasteiger charge is -2.34. The molecule has 0 aliphatic carbocycles. The monoisotopic (exact) mass is 1310 g/mol. The van der Waals surface area contributed by atoms with E-state index in [1.54, 1.807) is 22.8 Å². The first-order valence-electron chi connectivity index (χ1n) is 28.9. The fraction of sp³-hybridized carbons (Fsp3) is 0.474. The van der Waals surface area contributed by atoms with Gasteiger partial charge in [0, 0.05) is 55.1 Å². The number of amides is 8. The van der Waals surface area contributed by atoms with Crippen LogP contribution in [0.15, 0.2) is 72.9 Å². The van der Waals surface area contributed by atoms with Gasteiger partial charge in [-0.3, -0.25) is 38.4 Å². The maximum atomic E-state index is 14.7. The number of nitrogens with zero attached hydrogens (tertiary/aromatic N) is 5. The number of β-amino-alcohol motifs (C(OH)–C–C–N with tert-alkyl or cyclic N) is 1. The highest BCUT2D eigenvalue weighted by atomic mass is 32.2. The van der Waals surface area contributed by atoms with Crippen LogP contribution in [-0.4, -0.2) is 217 Å². The highest BCUT2D eigenvalue weighted by molar-refractivity contribution is 7.90. The number of rotatable bonds is 20. The minimum atomic E-state index is -2.53. The Kier molecular flexibility index (Phi) is 23.3. The van der Waals surface area contributed by atoms with Gasteiger partial charge in [-0.2, -0.15) is 5.10 Å². The van der Waals surface area contributed by atoms with Gasteiger partial charge in [0.2, 0.25) is 46.3 Å². The third kappa shape index (κ3) is 16.7. The van der Waals surface area contributed by atoms with Crippen molar-refractivity contribution in [1.82, 2.24) is 51.0 Å². The lowest BCUT2D eigenvalue weighted by atomic mass is 9.96. The molecule has 91 heavy (non-hydrogen) atoms. The summed E-state index contributed by atoms with van der Waals surface area (Å²) < 4.78 is 16.7. The zero-order valence-corrected chi connectivity index (χ0v) is 50.8. The number of imidazole rings is 1. The van der Waals surface area contributed by atoms with Crippen molar-refractivity contribution in [2.75, 3.05) is 26.2 Å². The number of aromatic hydroxyl groups is 1. The Morgan fingerprint density at radius 3 is 2.24 bits per heavy atom. The van der Waals surface area contributed by atoms with Crippen molar-refractivity contribution >= 4 is 75.9 Å². The van der Waals surface area contributed by atoms with E-state index in [0.717, 1.165) is 65.5 Å². The van der Waals surface area contributed by atoms with Crippen molar-refractivity contribution in [3.63, 3.8) is 0 Å². The summed E-state index contributed by atoms with van der Waals surface area (Å²) in [7, 11) is 0. The molecule has 32 nitrogen and oxygen atoms in total. The second-order valence-electron chi connectivity index (χ2n) is 22.3. The molecule has 492 valence electrons. The zero-order chi connectivity index (χ0) is 66.0. The lowest BCUT2D eigenvalue weighted by Crippen LogP contribution is -2.64. The number of phenolic OH excluding ortho intramolecular Hbond substituents is 1. The van der Waals surface area contributed by atoms with Crippen molar-refractivity contribution in [3.8, 4) is 39.1 Å². The van der Waals surface area contributed by atoms with Gasteiger partial charge < -0.3 is 91.9 Å². The molecule has 8 rings (SSSR count). The predicted molar refractivity (Wildman–Crippen MR) is 318 cm³/mol. The zero-order valence-electron chi connectivity index (χ0n) is 49.1. The van der Waals surface area contributed by atoms with E-state index in [-0.39, 0.29) is 23.5 Å². The van der Waals surface area contributed by atoms with Crippen LogP contribution in [0.4, 0.5) is 0 Å². The average molecular weight is 1310 g/mol. The standard InChI is InChI=1S/C57H71N11O21S2/c1-4-5-6-16-86-34-9-7-8-31(17-34)54-65-68-25-36(61-57(68)90-54)28-10-12-29(13-11-28)49(78)60-35-19-32(70)22-59-53(82)45-46(75)26(2)23-67(45)56(84)43(39(73)21-41(58)74)63-52(81)44(48(77)47(76)30-14-15-38(72)40(18-30)87-91-89-88-85)64-51(80)37-20-33(71)24-66(37)55(83)42(27(3)69)62-50(35)79/h7-15,17-18,25-27,32-33,35,37,39,42-48,69-73,75-77,85H,4-6,16,19-24H2,1-3H3,(H2,58,74)(H,59,82)(H,60,78)(H,62,79)(H,63,81)(H,64,80). The maximum Gasteiger partial charge on any atom is 0.261 e. The van der Waals surface area contributed by atoms with Gasteiger partial charge in [0.1, 0.15) is 59.2 Å². The first-order chi connectivity index (χ1) is 43.4. The first kappa shape index (κ1) is 68.8. The van der Waals surface area contributed by atoms with Crippen LogP contribution in [0.1, 0.15) is 81.3 Å². The minimum absolute atomic E-state index is 0.0129. The number of nitrogens with two attached hydrogens (primary N) is 1. The number of primary amides is 1. The average Bonchev–Trinajstić information content (AvgIpc) is 1.75. The van der Waals surface area contributed by atoms with Crippen LogP contribution in [-0.2, 0) is 42.9 Å². The van der Waals surface area contributed by atoms with Gasteiger partial charge >= 0.3 is 0 Å². The van der Waals surface area contributed by atoms with Crippen LogP contribution in [0, 0.1) is 5.92 Å². The molecule has 3 saturated heterocycles. The molecule has 3 aliphatic heterocycles. The molecule has 5 heterocycles. The van der Waals surface area contributed by atoms with E-state index in [1.807, 2.05) is 24.3 Å². The Hall–Kier alpha value is -8.13. The summed E-state index contributed by atoms with van der Waals surface area (Å²) in [6, 6.07) is 4.23. The first-order valence-corrected chi connectivity index (χ1v) is 30.4. The van der Waals surface area contributed by atoms with Crippen molar-refractivity contribution in [2.45, 2.75) is 138 Å². The Morgan fingerprint density at radius 2 is 1.55 bits per heavy atom. The van der Waals surface area contributed by atoms with E-state index >= 15 is 0 Å². The molecule has 3 fully saturated rings. The van der Waals surface area contributed by atoms with Crippen LogP contribution < -0.4 is 41.2 Å². The van der Waals surface area contributed by atoms with E-state index in [4.69, 9.17) is 30.0 Å². The highest BCUT2D eigenvalue weighted by Crippen LogP contribution is 2.35. The molecule has 3 aliphatic rings. The van der Waals surface area contributed by atoms with Gasteiger partial charge in [-0.25, -0.2) is 14.8 Å². The van der Waals surface area contributed by atoms with Gasteiger partial charge in [-0.15, -0.1) is 0 Å². The Bertz CT molecular complexity index is 3400. The van der Waals surface area contributed by atoms with E-state index < -0.39 is 183 Å². The molecule has 0 bridgehead atoms. The summed E-state index contributed by atoms with van der Waals surface area (Å²) in [4.78, 5) is 120. The summed E-state index contributed by atoms with van der Waals surface area (Å²) in [6.45, 7) is 3.39. The van der Waals surface area contributed by atoms with Crippen LogP contribution in [0.5, 0.6) is 17.2 Å². The largest absolute Gasteiger partial charge is 0.504 e. The summed E-state index contributed by atoms with van der Waals surface area (Å²) >= 11 is 1.32. The van der Waals surface area contributed by atoms with Gasteiger partial charge in [-0.05, 0) is 55.3 Å². The SMILES string of the molecule is CCCCCOc1cccc(-c2nn3cc(-c4ccc(C(=O)NC5CC(O)CNC(=O)C6C(O)C(C)CN6C(=O)C(C(O)CC(N)=O)NC(=O)C(C(O)C(O)c6ccc(O)c(OSOOO)c6)NC(=O)C6CC(O)CN6C(=O)C(C(C)O)NC5=O)cc4)nc3s2)c1. The molecule has 8 amide bonds. The third-order valence-electron chi connectivity index (χ3n) is 15.5. The maximum absolute atomic E-state index is 14.7. The van der Waals surface area contributed by atoms with Crippen LogP contribution in [0.3, 0.4) is 0 Å². The number of aromatic nitrogens is 3. The lowest BCUT2D eigenvalue weighted by molar-refractivity contribution is -0.433. The van der Waals surface area contributed by atoms with Crippen LogP contribution in [0.25, 0.3) is 26.8 Å². The van der Waals surface area contributed by atoms with Crippen molar-refractivity contribution < 1.29 is 103 Å². The van der Waals surface area contributed by atoms with Gasteiger partial charge in [0.15, 0.2) is 11.5 Å². The number of fused-ring (bicyclic) bond motifs is 3. The number of aliphatic hydroxyl groups excluding tert-OH is 7. The quantitative estimate of drug-likeness (QED) is 0.0175. The van der Waals surface area contributed by atoms with Crippen molar-refractivity contribution in [3.05, 3.63) is 84.1 Å². The third-order valence-corrected chi connectivity index (χ3v) is 16.9. The number of nitrogens with one attached hydrogen (secondary N) is 5. The minimum Gasteiger partial charge on any atom is -0.504 e. The second-order valence-corrected chi connectivity index (χ2v) is 23.7. The van der Waals surface area contributed by atoms with Crippen LogP contribution >= 0.6 is 23.7 Å². The Morgan fingerprint density at radius 1 is 0.835 bits per heavy atom. The Labute approximate surface area is 526 Å². The molecule has 2 aromatic heterocycles. The molecular formula is C57H71N11O21S2. The van der Waals surface area contributed by atoms with Crippen molar-refractivity contribution in [1.29, 1.82) is 0 Å². The number of phenols is 1. The number of benzene rings is 3. The van der Waals surface area contributed by atoms with Gasteiger partial charge in [0.25, 0.3) is 18.2 Å². The molecule has 14 unspecified atom stereocenters. The van der Waals surface area contributed by atoms with E-state index in [1.165, 1.54) is 30.4 Å². The van der Waals surface area contributed by atoms with E-state index in [9.17, 15) is 79.2 Å². The van der Waals surface area contributed by atoms with E-state index in [0.29, 0.717) is 27.8 Å². The topological polar surface area (TPSA) is 478 Å². The molecule has 14 atom stereocenters. The molecule has 0 spiro atoms. The van der Waals surface area contributed by atoms with Crippen LogP contribution in [0.2, 0.25) is 0 Å². The van der Waals surface area contributed by atoms with Gasteiger partial charge in [-0.1, -0.05) is 77.7 Å². The molecule has 0 saturated carbocycles. The molecular weight excluding hydrogens is 1240 g/mol. The molecule has 3 aromatic carbocycles. The summed E-state index contributed by atoms with van der Waals surface area (Å²) in [5.41, 5.74) is 6.94. The summed E-state index contributed by atoms with van der Waals surface area (Å²) in [5.74, 6) is -11.2. The summed E-state index contributed by atoms with van der Waals surface area (Å²) in [5, 5.41) is 119. The number of hydrogen-bond acceptors (Lipinski definition) is 25. The Balaban J connectivity index is 1.09. The van der Waals surface area contributed by atoms with Gasteiger partial charge in [0.05, 0.1) is 55.4 Å². The molecule has 34 heteroatoms. The highest BCUT2D eigenvalue weighted by Gasteiger charge is 2.50.